The molecule has 1 aromatic rings. The van der Waals surface area contributed by atoms with Crippen molar-refractivity contribution < 1.29 is 18.0 Å². The van der Waals surface area contributed by atoms with Gasteiger partial charge in [0.1, 0.15) is 4.75 Å². The third kappa shape index (κ3) is 3.79. The highest BCUT2D eigenvalue weighted by atomic mass is 35.5. The van der Waals surface area contributed by atoms with Crippen LogP contribution in [-0.4, -0.2) is 22.4 Å². The van der Waals surface area contributed by atoms with Crippen LogP contribution in [0.1, 0.15) is 61.7 Å². The number of alkyl halides is 3. The van der Waals surface area contributed by atoms with Crippen molar-refractivity contribution >= 4 is 35.1 Å². The molecule has 29 heavy (non-hydrogen) atoms. The average molecular weight is 444 g/mol. The summed E-state index contributed by atoms with van der Waals surface area (Å²) in [6, 6.07) is 7.16. The van der Waals surface area contributed by atoms with E-state index in [9.17, 15) is 23.2 Å². The van der Waals surface area contributed by atoms with E-state index in [-0.39, 0.29) is 25.2 Å². The Morgan fingerprint density at radius 2 is 1.72 bits per heavy atom. The predicted octanol–water partition coefficient (Wildman–Crippen LogP) is 5.84. The van der Waals surface area contributed by atoms with Crippen molar-refractivity contribution in [2.45, 2.75) is 67.8 Å². The monoisotopic (exact) mass is 443 g/mol. The zero-order chi connectivity index (χ0) is 20.9. The van der Waals surface area contributed by atoms with Crippen molar-refractivity contribution in [1.82, 2.24) is 5.32 Å². The number of nitrogens with one attached hydrogen (secondary N) is 2. The maximum absolute atomic E-state index is 13.5. The van der Waals surface area contributed by atoms with E-state index < -0.39 is 21.9 Å². The minimum absolute atomic E-state index is 0.0535. The fourth-order valence-corrected chi connectivity index (χ4v) is 5.41. The van der Waals surface area contributed by atoms with Crippen LogP contribution in [0, 0.1) is 16.7 Å². The van der Waals surface area contributed by atoms with E-state index in [1.807, 2.05) is 0 Å². The minimum atomic E-state index is -4.19. The largest absolute Gasteiger partial charge is 0.394 e. The average Bonchev–Trinajstić information content (AvgIpc) is 3.48. The molecule has 0 saturated heterocycles. The number of anilines is 1. The van der Waals surface area contributed by atoms with Gasteiger partial charge in [0.05, 0.1) is 22.7 Å². The lowest BCUT2D eigenvalue weighted by atomic mass is 9.57. The SMILES string of the molecule is N#CC1(SNc2ccc(Cl)cc2C(=O)NC23CCC(C(F)(F)F)(CC2)CC3)CC1. The molecule has 0 heterocycles. The van der Waals surface area contributed by atoms with Crippen molar-refractivity contribution in [2.75, 3.05) is 4.72 Å². The van der Waals surface area contributed by atoms with Crippen LogP contribution in [0.4, 0.5) is 18.9 Å². The van der Waals surface area contributed by atoms with Crippen molar-refractivity contribution in [2.24, 2.45) is 5.41 Å². The molecular weight excluding hydrogens is 423 g/mol. The summed E-state index contributed by atoms with van der Waals surface area (Å²) >= 11 is 7.37. The Labute approximate surface area is 176 Å². The van der Waals surface area contributed by atoms with Gasteiger partial charge < -0.3 is 10.0 Å². The quantitative estimate of drug-likeness (QED) is 0.561. The zero-order valence-corrected chi connectivity index (χ0v) is 17.2. The minimum Gasteiger partial charge on any atom is -0.347 e. The van der Waals surface area contributed by atoms with Crippen LogP contribution in [-0.2, 0) is 0 Å². The summed E-state index contributed by atoms with van der Waals surface area (Å²) in [4.78, 5) is 13.0. The first-order valence-corrected chi connectivity index (χ1v) is 10.9. The molecule has 1 aromatic carbocycles. The van der Waals surface area contributed by atoms with Gasteiger partial charge in [-0.1, -0.05) is 11.6 Å². The first-order valence-electron chi connectivity index (χ1n) is 9.66. The molecule has 1 amide bonds. The molecule has 4 fully saturated rings. The smallest absolute Gasteiger partial charge is 0.347 e. The van der Waals surface area contributed by atoms with Gasteiger partial charge in [-0.25, -0.2) is 0 Å². The number of rotatable bonds is 5. The van der Waals surface area contributed by atoms with Gasteiger partial charge in [-0.15, -0.1) is 0 Å². The predicted molar refractivity (Wildman–Crippen MR) is 107 cm³/mol. The third-order valence-electron chi connectivity index (χ3n) is 6.72. The number of nitrogens with zero attached hydrogens (tertiary/aromatic N) is 1. The summed E-state index contributed by atoms with van der Waals surface area (Å²) in [5.74, 6) is -0.348. The first kappa shape index (κ1) is 20.7. The summed E-state index contributed by atoms with van der Waals surface area (Å²) in [7, 11) is 0. The number of hydrogen-bond acceptors (Lipinski definition) is 4. The van der Waals surface area contributed by atoms with Crippen molar-refractivity contribution in [3.8, 4) is 6.07 Å². The van der Waals surface area contributed by atoms with E-state index in [4.69, 9.17) is 11.6 Å². The van der Waals surface area contributed by atoms with Crippen molar-refractivity contribution in [3.63, 3.8) is 0 Å². The fraction of sp³-hybridized carbons (Fsp3) is 0.600. The molecule has 0 radical (unpaired) electrons. The summed E-state index contributed by atoms with van der Waals surface area (Å²) in [5, 5.41) is 12.6. The Morgan fingerprint density at radius 1 is 1.10 bits per heavy atom. The third-order valence-corrected chi connectivity index (χ3v) is 8.16. The highest BCUT2D eigenvalue weighted by Gasteiger charge is 2.61. The molecule has 0 aliphatic heterocycles. The van der Waals surface area contributed by atoms with Gasteiger partial charge in [0.15, 0.2) is 0 Å². The van der Waals surface area contributed by atoms with Gasteiger partial charge in [-0.05, 0) is 81.5 Å². The fourth-order valence-electron chi connectivity index (χ4n) is 4.40. The van der Waals surface area contributed by atoms with Crippen LogP contribution in [0.25, 0.3) is 0 Å². The van der Waals surface area contributed by atoms with Crippen LogP contribution in [0.15, 0.2) is 18.2 Å². The summed E-state index contributed by atoms with van der Waals surface area (Å²) in [5.41, 5.74) is -1.30. The lowest BCUT2D eigenvalue weighted by molar-refractivity contribution is -0.253. The lowest BCUT2D eigenvalue weighted by Gasteiger charge is -2.53. The Bertz CT molecular complexity index is 854. The molecule has 2 N–H and O–H groups in total. The van der Waals surface area contributed by atoms with Crippen molar-refractivity contribution in [3.05, 3.63) is 28.8 Å². The second-order valence-electron chi connectivity index (χ2n) is 8.51. The maximum atomic E-state index is 13.5. The van der Waals surface area contributed by atoms with E-state index in [0.717, 1.165) is 12.8 Å². The van der Waals surface area contributed by atoms with Crippen LogP contribution >= 0.6 is 23.5 Å². The molecule has 4 nitrogen and oxygen atoms in total. The number of halogens is 4. The number of carbonyl (C=O) groups is 1. The normalized spacial score (nSPS) is 29.8. The van der Waals surface area contributed by atoms with Gasteiger partial charge in [-0.3, -0.25) is 4.79 Å². The molecule has 2 bridgehead atoms. The highest BCUT2D eigenvalue weighted by Crippen LogP contribution is 2.59. The number of benzene rings is 1. The zero-order valence-electron chi connectivity index (χ0n) is 15.7. The number of carbonyl (C=O) groups excluding carboxylic acids is 1. The Kier molecular flexibility index (Phi) is 4.98. The molecule has 4 aliphatic rings. The van der Waals surface area contributed by atoms with Gasteiger partial charge in [0.2, 0.25) is 0 Å². The molecular formula is C20H21ClF3N3OS. The van der Waals surface area contributed by atoms with Crippen LogP contribution in [0.5, 0.6) is 0 Å². The molecule has 0 spiro atoms. The number of fused-ring (bicyclic) bond motifs is 3. The van der Waals surface area contributed by atoms with Gasteiger partial charge >= 0.3 is 6.18 Å². The van der Waals surface area contributed by atoms with Gasteiger partial charge in [-0.2, -0.15) is 18.4 Å². The van der Waals surface area contributed by atoms with Gasteiger partial charge in [0, 0.05) is 10.6 Å². The summed E-state index contributed by atoms with van der Waals surface area (Å²) < 4.78 is 43.0. The molecule has 5 rings (SSSR count). The highest BCUT2D eigenvalue weighted by molar-refractivity contribution is 8.02. The molecule has 9 heteroatoms. The van der Waals surface area contributed by atoms with E-state index >= 15 is 0 Å². The van der Waals surface area contributed by atoms with Gasteiger partial charge in [0.25, 0.3) is 5.91 Å². The lowest BCUT2D eigenvalue weighted by Crippen LogP contribution is -2.59. The van der Waals surface area contributed by atoms with E-state index in [2.05, 4.69) is 16.1 Å². The number of nitriles is 1. The molecule has 0 aromatic heterocycles. The Morgan fingerprint density at radius 3 is 2.24 bits per heavy atom. The maximum Gasteiger partial charge on any atom is 0.394 e. The topological polar surface area (TPSA) is 64.9 Å². The Balaban J connectivity index is 1.48. The van der Waals surface area contributed by atoms with E-state index in [1.54, 1.807) is 18.2 Å². The standard InChI is InChI=1S/C20H21ClF3N3OS/c21-13-1-2-15(27-29-19(12-25)9-10-19)14(11-13)16(28)26-18-6-3-17(4-7-18,5-8-18)20(22,23)24/h1-2,11,27H,3-10H2,(H,26,28). The molecule has 4 aliphatic carbocycles. The second-order valence-corrected chi connectivity index (χ2v) is 10.1. The molecule has 4 saturated carbocycles. The molecule has 0 unspecified atom stereocenters. The summed E-state index contributed by atoms with van der Waals surface area (Å²) in [6.45, 7) is 0. The Hall–Kier alpha value is -1.59. The second kappa shape index (κ2) is 6.98. The number of hydrogen-bond donors (Lipinski definition) is 2. The summed E-state index contributed by atoms with van der Waals surface area (Å²) in [6.07, 6.45) is -1.46. The van der Waals surface area contributed by atoms with Crippen LogP contribution < -0.4 is 10.0 Å². The van der Waals surface area contributed by atoms with Crippen LogP contribution in [0.2, 0.25) is 5.02 Å². The van der Waals surface area contributed by atoms with Crippen molar-refractivity contribution in [1.29, 1.82) is 5.26 Å². The molecule has 0 atom stereocenters. The molecule has 156 valence electrons. The van der Waals surface area contributed by atoms with E-state index in [0.29, 0.717) is 35.5 Å². The van der Waals surface area contributed by atoms with E-state index in [1.165, 1.54) is 11.9 Å². The van der Waals surface area contributed by atoms with Crippen LogP contribution in [0.3, 0.4) is 0 Å². The first-order chi connectivity index (χ1) is 13.6. The number of amides is 1.